The Hall–Kier alpha value is -3.35. The molecule has 0 bridgehead atoms. The van der Waals surface area contributed by atoms with E-state index in [1.807, 2.05) is 24.3 Å². The van der Waals surface area contributed by atoms with Crippen LogP contribution in [0.5, 0.6) is 0 Å². The summed E-state index contributed by atoms with van der Waals surface area (Å²) in [5.41, 5.74) is 3.91. The molecule has 0 aliphatic heterocycles. The van der Waals surface area contributed by atoms with Crippen molar-refractivity contribution in [3.05, 3.63) is 95.1 Å². The molecule has 1 amide bonds. The maximum absolute atomic E-state index is 13.7. The van der Waals surface area contributed by atoms with E-state index in [1.54, 1.807) is 52.6 Å². The van der Waals surface area contributed by atoms with Gasteiger partial charge in [-0.05, 0) is 49.3 Å². The topological polar surface area (TPSA) is 53.5 Å². The van der Waals surface area contributed by atoms with Crippen LogP contribution in [0.2, 0.25) is 0 Å². The first-order valence-corrected chi connectivity index (χ1v) is 13.0. The molecule has 4 rings (SSSR count). The molecule has 0 saturated carbocycles. The van der Waals surface area contributed by atoms with Gasteiger partial charge in [0.05, 0.1) is 10.2 Å². The summed E-state index contributed by atoms with van der Waals surface area (Å²) >= 11 is 1.55. The highest BCUT2D eigenvalue weighted by atomic mass is 32.1. The second kappa shape index (κ2) is 11.4. The van der Waals surface area contributed by atoms with Gasteiger partial charge in [0.1, 0.15) is 0 Å². The van der Waals surface area contributed by atoms with Gasteiger partial charge in [0.2, 0.25) is 0 Å². The number of carbonyl (C=O) groups excluding carboxylic acids is 2. The Bertz CT molecular complexity index is 1290. The standard InChI is InChI=1S/C29H31N3O2S/c1-4-21-12-17-25-26(20-21)35-29(30-25)32(19-18-31(5-2)6-3)28(34)24-15-13-23(14-16-24)27(33)22-10-8-7-9-11-22/h7-17,20H,4-6,18-19H2,1-3H3. The maximum atomic E-state index is 13.7. The Morgan fingerprint density at radius 3 is 2.11 bits per heavy atom. The van der Waals surface area contributed by atoms with Crippen molar-refractivity contribution < 1.29 is 9.59 Å². The molecule has 0 aliphatic carbocycles. The highest BCUT2D eigenvalue weighted by Crippen LogP contribution is 2.31. The largest absolute Gasteiger partial charge is 0.302 e. The van der Waals surface area contributed by atoms with E-state index in [-0.39, 0.29) is 11.7 Å². The zero-order valence-corrected chi connectivity index (χ0v) is 21.3. The van der Waals surface area contributed by atoms with Gasteiger partial charge in [-0.1, -0.05) is 80.6 Å². The monoisotopic (exact) mass is 485 g/mol. The Morgan fingerprint density at radius 2 is 1.46 bits per heavy atom. The van der Waals surface area contributed by atoms with Crippen LogP contribution < -0.4 is 4.90 Å². The second-order valence-corrected chi connectivity index (χ2v) is 9.42. The third-order valence-corrected chi connectivity index (χ3v) is 7.33. The molecule has 4 aromatic rings. The van der Waals surface area contributed by atoms with Crippen LogP contribution >= 0.6 is 11.3 Å². The van der Waals surface area contributed by atoms with Crippen LogP contribution in [-0.4, -0.2) is 47.8 Å². The van der Waals surface area contributed by atoms with Crippen LogP contribution in [0, 0.1) is 0 Å². The van der Waals surface area contributed by atoms with Gasteiger partial charge < -0.3 is 4.90 Å². The summed E-state index contributed by atoms with van der Waals surface area (Å²) in [6, 6.07) is 22.4. The van der Waals surface area contributed by atoms with Crippen LogP contribution in [-0.2, 0) is 6.42 Å². The number of aryl methyl sites for hydroxylation is 1. The van der Waals surface area contributed by atoms with Crippen molar-refractivity contribution in [2.75, 3.05) is 31.1 Å². The van der Waals surface area contributed by atoms with Gasteiger partial charge >= 0.3 is 0 Å². The fourth-order valence-electron chi connectivity index (χ4n) is 4.03. The number of hydrogen-bond acceptors (Lipinski definition) is 5. The van der Waals surface area contributed by atoms with E-state index < -0.39 is 0 Å². The molecule has 0 atom stereocenters. The van der Waals surface area contributed by atoms with E-state index in [9.17, 15) is 9.59 Å². The molecule has 0 fully saturated rings. The van der Waals surface area contributed by atoms with Crippen LogP contribution in [0.1, 0.15) is 52.6 Å². The lowest BCUT2D eigenvalue weighted by Crippen LogP contribution is -2.38. The number of carbonyl (C=O) groups is 2. The van der Waals surface area contributed by atoms with Crippen molar-refractivity contribution in [2.24, 2.45) is 0 Å². The molecule has 3 aromatic carbocycles. The first-order valence-electron chi connectivity index (χ1n) is 12.2. The van der Waals surface area contributed by atoms with Crippen molar-refractivity contribution in [2.45, 2.75) is 27.2 Å². The number of anilines is 1. The summed E-state index contributed by atoms with van der Waals surface area (Å²) in [6.07, 6.45) is 0.960. The number of ketones is 1. The number of benzene rings is 3. The molecular weight excluding hydrogens is 454 g/mol. The van der Waals surface area contributed by atoms with Gasteiger partial charge in [0.25, 0.3) is 5.91 Å². The van der Waals surface area contributed by atoms with Crippen molar-refractivity contribution in [3.63, 3.8) is 0 Å². The molecule has 0 aliphatic rings. The molecule has 0 N–H and O–H groups in total. The van der Waals surface area contributed by atoms with Gasteiger partial charge in [-0.3, -0.25) is 14.5 Å². The zero-order chi connectivity index (χ0) is 24.8. The Morgan fingerprint density at radius 1 is 0.800 bits per heavy atom. The summed E-state index contributed by atoms with van der Waals surface area (Å²) in [7, 11) is 0. The van der Waals surface area contributed by atoms with Crippen molar-refractivity contribution >= 4 is 38.4 Å². The highest BCUT2D eigenvalue weighted by Gasteiger charge is 2.22. The van der Waals surface area contributed by atoms with Crippen molar-refractivity contribution in [1.82, 2.24) is 9.88 Å². The summed E-state index contributed by atoms with van der Waals surface area (Å²) in [5, 5.41) is 0.704. The lowest BCUT2D eigenvalue weighted by Gasteiger charge is -2.24. The smallest absolute Gasteiger partial charge is 0.260 e. The highest BCUT2D eigenvalue weighted by molar-refractivity contribution is 7.22. The molecule has 5 nitrogen and oxygen atoms in total. The van der Waals surface area contributed by atoms with Crippen LogP contribution in [0.3, 0.4) is 0 Å². The van der Waals surface area contributed by atoms with Crippen molar-refractivity contribution in [3.8, 4) is 0 Å². The van der Waals surface area contributed by atoms with Gasteiger partial charge in [0.15, 0.2) is 10.9 Å². The first-order chi connectivity index (χ1) is 17.0. The Balaban J connectivity index is 1.62. The number of hydrogen-bond donors (Lipinski definition) is 0. The van der Waals surface area contributed by atoms with Crippen LogP contribution in [0.25, 0.3) is 10.2 Å². The van der Waals surface area contributed by atoms with Crippen molar-refractivity contribution in [1.29, 1.82) is 0 Å². The molecule has 0 saturated heterocycles. The number of amides is 1. The third kappa shape index (κ3) is 5.66. The molecule has 1 heterocycles. The number of likely N-dealkylation sites (N-methyl/N-ethyl adjacent to an activating group) is 1. The fraction of sp³-hybridized carbons (Fsp3) is 0.276. The predicted molar refractivity (Wildman–Crippen MR) is 145 cm³/mol. The zero-order valence-electron chi connectivity index (χ0n) is 20.5. The quantitative estimate of drug-likeness (QED) is 0.256. The summed E-state index contributed by atoms with van der Waals surface area (Å²) in [4.78, 5) is 35.3. The minimum absolute atomic E-state index is 0.0547. The maximum Gasteiger partial charge on any atom is 0.260 e. The lowest BCUT2D eigenvalue weighted by molar-refractivity contribution is 0.0981. The number of nitrogens with zero attached hydrogens (tertiary/aromatic N) is 3. The van der Waals surface area contributed by atoms with Gasteiger partial charge in [-0.25, -0.2) is 4.98 Å². The minimum Gasteiger partial charge on any atom is -0.302 e. The fourth-order valence-corrected chi connectivity index (χ4v) is 5.09. The van der Waals surface area contributed by atoms with E-state index in [0.717, 1.165) is 36.3 Å². The normalized spacial score (nSPS) is 11.2. The first kappa shape index (κ1) is 24.8. The average Bonchev–Trinajstić information content (AvgIpc) is 3.34. The minimum atomic E-state index is -0.106. The second-order valence-electron chi connectivity index (χ2n) is 8.41. The third-order valence-electron chi connectivity index (χ3n) is 6.29. The molecule has 180 valence electrons. The van der Waals surface area contributed by atoms with E-state index >= 15 is 0 Å². The van der Waals surface area contributed by atoms with E-state index in [0.29, 0.717) is 28.4 Å². The molecule has 6 heteroatoms. The lowest BCUT2D eigenvalue weighted by atomic mass is 10.0. The number of aromatic nitrogens is 1. The summed E-state index contributed by atoms with van der Waals surface area (Å²) in [6.45, 7) is 9.55. The van der Waals surface area contributed by atoms with Crippen LogP contribution in [0.4, 0.5) is 5.13 Å². The molecule has 0 radical (unpaired) electrons. The predicted octanol–water partition coefficient (Wildman–Crippen LogP) is 6.08. The molecule has 0 spiro atoms. The number of rotatable bonds is 10. The molecule has 1 aromatic heterocycles. The SMILES string of the molecule is CCc1ccc2nc(N(CCN(CC)CC)C(=O)c3ccc(C(=O)c4ccccc4)cc3)sc2c1. The van der Waals surface area contributed by atoms with Gasteiger partial charge in [-0.2, -0.15) is 0 Å². The van der Waals surface area contributed by atoms with E-state index in [1.165, 1.54) is 5.56 Å². The molecule has 0 unspecified atom stereocenters. The molecule has 35 heavy (non-hydrogen) atoms. The Kier molecular flexibility index (Phi) is 8.06. The van der Waals surface area contributed by atoms with E-state index in [4.69, 9.17) is 4.98 Å². The van der Waals surface area contributed by atoms with Gasteiger partial charge in [-0.15, -0.1) is 0 Å². The number of fused-ring (bicyclic) bond motifs is 1. The summed E-state index contributed by atoms with van der Waals surface area (Å²) in [5.74, 6) is -0.161. The van der Waals surface area contributed by atoms with Crippen LogP contribution in [0.15, 0.2) is 72.8 Å². The number of thiazole rings is 1. The Labute approximate surface area is 211 Å². The summed E-state index contributed by atoms with van der Waals surface area (Å²) < 4.78 is 1.09. The molecular formula is C29H31N3O2S. The van der Waals surface area contributed by atoms with Gasteiger partial charge in [0, 0.05) is 29.8 Å². The average molecular weight is 486 g/mol. The van der Waals surface area contributed by atoms with E-state index in [2.05, 4.69) is 37.8 Å².